The number of nitrogens with one attached hydrogen (secondary N) is 2. The molecule has 6 nitrogen and oxygen atoms in total. The van der Waals surface area contributed by atoms with Crippen LogP contribution in [0, 0.1) is 0 Å². The summed E-state index contributed by atoms with van der Waals surface area (Å²) >= 11 is 5.80. The van der Waals surface area contributed by atoms with Gasteiger partial charge in [0.25, 0.3) is 0 Å². The van der Waals surface area contributed by atoms with Crippen LogP contribution in [-0.4, -0.2) is 27.5 Å². The summed E-state index contributed by atoms with van der Waals surface area (Å²) < 4.78 is 1.77. The predicted octanol–water partition coefficient (Wildman–Crippen LogP) is 3.15. The molecule has 2 rings (SSSR count). The van der Waals surface area contributed by atoms with Gasteiger partial charge in [-0.15, -0.1) is 0 Å². The van der Waals surface area contributed by atoms with Gasteiger partial charge in [0.05, 0.1) is 23.5 Å². The van der Waals surface area contributed by atoms with Crippen LogP contribution in [0.15, 0.2) is 36.7 Å². The van der Waals surface area contributed by atoms with Gasteiger partial charge < -0.3 is 15.7 Å². The van der Waals surface area contributed by atoms with E-state index >= 15 is 0 Å². The smallest absolute Gasteiger partial charge is 0.319 e. The first kappa shape index (κ1) is 17.3. The van der Waals surface area contributed by atoms with Crippen LogP contribution < -0.4 is 10.6 Å². The lowest BCUT2D eigenvalue weighted by Gasteiger charge is -2.18. The molecule has 2 amide bonds. The summed E-state index contributed by atoms with van der Waals surface area (Å²) in [6.45, 7) is 6.16. The molecule has 3 N–H and O–H groups in total. The number of benzene rings is 1. The molecule has 0 aliphatic rings. The first-order chi connectivity index (χ1) is 10.8. The number of halogens is 1. The Labute approximate surface area is 140 Å². The van der Waals surface area contributed by atoms with E-state index in [1.165, 1.54) is 0 Å². The zero-order chi connectivity index (χ0) is 17.0. The van der Waals surface area contributed by atoms with Gasteiger partial charge in [-0.05, 0) is 38.5 Å². The third-order valence-electron chi connectivity index (χ3n) is 3.24. The third-order valence-corrected chi connectivity index (χ3v) is 3.49. The SMILES string of the molecule is CC(C)(C)n1cc(NC(=O)NCC(O)c2ccc(Cl)cc2)cn1. The second-order valence-electron chi connectivity index (χ2n) is 6.25. The van der Waals surface area contributed by atoms with Crippen molar-refractivity contribution in [2.75, 3.05) is 11.9 Å². The maximum atomic E-state index is 11.9. The highest BCUT2D eigenvalue weighted by molar-refractivity contribution is 6.30. The Morgan fingerprint density at radius 1 is 1.35 bits per heavy atom. The Kier molecular flexibility index (Phi) is 5.28. The zero-order valence-electron chi connectivity index (χ0n) is 13.4. The molecule has 23 heavy (non-hydrogen) atoms. The number of urea groups is 1. The molecule has 1 unspecified atom stereocenters. The van der Waals surface area contributed by atoms with E-state index in [2.05, 4.69) is 15.7 Å². The average molecular weight is 337 g/mol. The lowest BCUT2D eigenvalue weighted by atomic mass is 10.1. The summed E-state index contributed by atoms with van der Waals surface area (Å²) in [4.78, 5) is 11.9. The lowest BCUT2D eigenvalue weighted by Crippen LogP contribution is -2.32. The largest absolute Gasteiger partial charge is 0.387 e. The molecule has 0 bridgehead atoms. The summed E-state index contributed by atoms with van der Waals surface area (Å²) in [5, 5.41) is 20.1. The summed E-state index contributed by atoms with van der Waals surface area (Å²) in [5.74, 6) is 0. The fourth-order valence-electron chi connectivity index (χ4n) is 1.92. The molecule has 0 aliphatic heterocycles. The fraction of sp³-hybridized carbons (Fsp3) is 0.375. The molecule has 1 aromatic carbocycles. The molecule has 0 aliphatic carbocycles. The zero-order valence-corrected chi connectivity index (χ0v) is 14.1. The average Bonchev–Trinajstić information content (AvgIpc) is 2.94. The van der Waals surface area contributed by atoms with Gasteiger partial charge in [0, 0.05) is 17.8 Å². The molecule has 124 valence electrons. The minimum absolute atomic E-state index is 0.0981. The van der Waals surface area contributed by atoms with E-state index in [1.807, 2.05) is 20.8 Å². The van der Waals surface area contributed by atoms with Gasteiger partial charge in [-0.3, -0.25) is 4.68 Å². The van der Waals surface area contributed by atoms with Gasteiger partial charge in [-0.25, -0.2) is 4.79 Å². The molecule has 0 spiro atoms. The quantitative estimate of drug-likeness (QED) is 0.802. The summed E-state index contributed by atoms with van der Waals surface area (Å²) in [5.41, 5.74) is 1.13. The molecule has 0 fully saturated rings. The number of hydrogen-bond acceptors (Lipinski definition) is 3. The standard InChI is InChI=1S/C16H21ClN4O2/c1-16(2,3)21-10-13(8-19-21)20-15(23)18-9-14(22)11-4-6-12(17)7-5-11/h4-8,10,14,22H,9H2,1-3H3,(H2,18,20,23). The molecule has 7 heteroatoms. The van der Waals surface area contributed by atoms with E-state index in [0.717, 1.165) is 0 Å². The summed E-state index contributed by atoms with van der Waals surface area (Å²) in [6.07, 6.45) is 2.55. The Balaban J connectivity index is 1.85. The van der Waals surface area contributed by atoms with Crippen molar-refractivity contribution in [1.82, 2.24) is 15.1 Å². The van der Waals surface area contributed by atoms with Crippen LogP contribution in [0.5, 0.6) is 0 Å². The van der Waals surface area contributed by atoms with Crippen molar-refractivity contribution in [1.29, 1.82) is 0 Å². The highest BCUT2D eigenvalue weighted by Crippen LogP contribution is 2.17. The number of amides is 2. The van der Waals surface area contributed by atoms with Crippen molar-refractivity contribution < 1.29 is 9.90 Å². The second-order valence-corrected chi connectivity index (χ2v) is 6.68. The van der Waals surface area contributed by atoms with E-state index in [9.17, 15) is 9.90 Å². The number of anilines is 1. The van der Waals surface area contributed by atoms with E-state index in [0.29, 0.717) is 16.3 Å². The number of rotatable bonds is 4. The van der Waals surface area contributed by atoms with Crippen LogP contribution in [0.2, 0.25) is 5.02 Å². The third kappa shape index (κ3) is 4.97. The molecule has 2 aromatic rings. The van der Waals surface area contributed by atoms with Crippen LogP contribution in [-0.2, 0) is 5.54 Å². The van der Waals surface area contributed by atoms with Gasteiger partial charge in [0.1, 0.15) is 0 Å². The summed E-state index contributed by atoms with van der Waals surface area (Å²) in [7, 11) is 0. The molecule has 1 aromatic heterocycles. The van der Waals surface area contributed by atoms with Crippen molar-refractivity contribution in [2.24, 2.45) is 0 Å². The van der Waals surface area contributed by atoms with Gasteiger partial charge in [-0.2, -0.15) is 5.10 Å². The van der Waals surface area contributed by atoms with Gasteiger partial charge in [0.2, 0.25) is 0 Å². The van der Waals surface area contributed by atoms with Gasteiger partial charge in [0.15, 0.2) is 0 Å². The maximum absolute atomic E-state index is 11.9. The molecule has 1 atom stereocenters. The maximum Gasteiger partial charge on any atom is 0.319 e. The monoisotopic (exact) mass is 336 g/mol. The number of aromatic nitrogens is 2. The number of aliphatic hydroxyl groups excluding tert-OH is 1. The normalized spacial score (nSPS) is 12.7. The van der Waals surface area contributed by atoms with E-state index in [4.69, 9.17) is 11.6 Å². The Hall–Kier alpha value is -2.05. The highest BCUT2D eigenvalue weighted by atomic mass is 35.5. The Bertz CT molecular complexity index is 661. The highest BCUT2D eigenvalue weighted by Gasteiger charge is 2.15. The molecular formula is C16H21ClN4O2. The van der Waals surface area contributed by atoms with Crippen LogP contribution in [0.1, 0.15) is 32.4 Å². The Morgan fingerprint density at radius 3 is 2.57 bits per heavy atom. The Morgan fingerprint density at radius 2 is 2.00 bits per heavy atom. The minimum Gasteiger partial charge on any atom is -0.387 e. The fourth-order valence-corrected chi connectivity index (χ4v) is 2.05. The topological polar surface area (TPSA) is 79.2 Å². The molecule has 0 saturated carbocycles. The molecule has 0 radical (unpaired) electrons. The van der Waals surface area contributed by atoms with Crippen LogP contribution in [0.4, 0.5) is 10.5 Å². The molecular weight excluding hydrogens is 316 g/mol. The first-order valence-electron chi connectivity index (χ1n) is 7.29. The summed E-state index contributed by atoms with van der Waals surface area (Å²) in [6, 6.07) is 6.44. The van der Waals surface area contributed by atoms with Crippen molar-refractivity contribution >= 4 is 23.3 Å². The van der Waals surface area contributed by atoms with E-state index < -0.39 is 12.1 Å². The number of hydrogen-bond donors (Lipinski definition) is 3. The number of carbonyl (C=O) groups excluding carboxylic acids is 1. The first-order valence-corrected chi connectivity index (χ1v) is 7.67. The second kappa shape index (κ2) is 7.02. The van der Waals surface area contributed by atoms with E-state index in [1.54, 1.807) is 41.3 Å². The minimum atomic E-state index is -0.796. The van der Waals surface area contributed by atoms with Crippen molar-refractivity contribution in [3.8, 4) is 0 Å². The van der Waals surface area contributed by atoms with Crippen molar-refractivity contribution in [3.05, 3.63) is 47.2 Å². The number of aliphatic hydroxyl groups is 1. The molecule has 0 saturated heterocycles. The van der Waals surface area contributed by atoms with Gasteiger partial charge >= 0.3 is 6.03 Å². The number of carbonyl (C=O) groups is 1. The van der Waals surface area contributed by atoms with Crippen LogP contribution in [0.3, 0.4) is 0 Å². The van der Waals surface area contributed by atoms with E-state index in [-0.39, 0.29) is 12.1 Å². The predicted molar refractivity (Wildman–Crippen MR) is 90.7 cm³/mol. The van der Waals surface area contributed by atoms with Crippen molar-refractivity contribution in [3.63, 3.8) is 0 Å². The molecule has 1 heterocycles. The van der Waals surface area contributed by atoms with Gasteiger partial charge in [-0.1, -0.05) is 23.7 Å². The lowest BCUT2D eigenvalue weighted by molar-refractivity contribution is 0.175. The number of nitrogens with zero attached hydrogens (tertiary/aromatic N) is 2. The van der Waals surface area contributed by atoms with Crippen molar-refractivity contribution in [2.45, 2.75) is 32.4 Å². The van der Waals surface area contributed by atoms with Crippen LogP contribution >= 0.6 is 11.6 Å². The van der Waals surface area contributed by atoms with Crippen LogP contribution in [0.25, 0.3) is 0 Å².